The minimum atomic E-state index is -0.178. The van der Waals surface area contributed by atoms with Gasteiger partial charge in [-0.05, 0) is 37.8 Å². The van der Waals surface area contributed by atoms with Gasteiger partial charge in [-0.3, -0.25) is 14.6 Å². The maximum atomic E-state index is 12.1. The molecule has 1 aromatic heterocycles. The molecule has 150 valence electrons. The van der Waals surface area contributed by atoms with Gasteiger partial charge >= 0.3 is 0 Å². The predicted octanol–water partition coefficient (Wildman–Crippen LogP) is 1.45. The van der Waals surface area contributed by atoms with Crippen LogP contribution in [-0.4, -0.2) is 60.9 Å². The zero-order valence-corrected chi connectivity index (χ0v) is 18.2. The van der Waals surface area contributed by atoms with E-state index in [-0.39, 0.29) is 42.3 Å². The van der Waals surface area contributed by atoms with Crippen molar-refractivity contribution in [2.75, 3.05) is 38.5 Å². The molecule has 8 nitrogen and oxygen atoms in total. The van der Waals surface area contributed by atoms with E-state index in [0.717, 1.165) is 38.4 Å². The average molecular weight is 488 g/mol. The first-order valence-electron chi connectivity index (χ1n) is 9.06. The molecule has 0 radical (unpaired) electrons. The number of likely N-dealkylation sites (tertiary alicyclic amines) is 1. The molecule has 0 aromatic carbocycles. The van der Waals surface area contributed by atoms with Crippen LogP contribution in [0, 0.1) is 5.92 Å². The molecular weight excluding hydrogens is 459 g/mol. The highest BCUT2D eigenvalue weighted by Crippen LogP contribution is 2.20. The highest BCUT2D eigenvalue weighted by atomic mass is 127. The third-order valence-electron chi connectivity index (χ3n) is 4.32. The van der Waals surface area contributed by atoms with E-state index in [1.807, 2.05) is 6.92 Å². The van der Waals surface area contributed by atoms with E-state index >= 15 is 0 Å². The predicted molar refractivity (Wildman–Crippen MR) is 117 cm³/mol. The summed E-state index contributed by atoms with van der Waals surface area (Å²) in [5, 5.41) is 8.70. The molecule has 1 saturated heterocycles. The summed E-state index contributed by atoms with van der Waals surface area (Å²) in [5.74, 6) is 1.06. The number of pyridine rings is 1. The highest BCUT2D eigenvalue weighted by molar-refractivity contribution is 14.0. The average Bonchev–Trinajstić information content (AvgIpc) is 2.66. The van der Waals surface area contributed by atoms with Crippen LogP contribution in [0.1, 0.15) is 26.2 Å². The van der Waals surface area contributed by atoms with Gasteiger partial charge in [0.05, 0.1) is 11.9 Å². The molecule has 1 aliphatic heterocycles. The summed E-state index contributed by atoms with van der Waals surface area (Å²) in [6.45, 7) is 4.45. The van der Waals surface area contributed by atoms with Crippen molar-refractivity contribution in [3.05, 3.63) is 24.5 Å². The van der Waals surface area contributed by atoms with Crippen molar-refractivity contribution in [3.8, 4) is 0 Å². The molecule has 3 N–H and O–H groups in total. The molecule has 0 unspecified atom stereocenters. The number of aromatic nitrogens is 1. The molecule has 1 fully saturated rings. The number of guanidine groups is 1. The fraction of sp³-hybridized carbons (Fsp3) is 0.556. The maximum absolute atomic E-state index is 12.1. The van der Waals surface area contributed by atoms with Crippen molar-refractivity contribution >= 4 is 47.4 Å². The van der Waals surface area contributed by atoms with Gasteiger partial charge in [-0.25, -0.2) is 4.99 Å². The van der Waals surface area contributed by atoms with E-state index in [0.29, 0.717) is 18.0 Å². The van der Waals surface area contributed by atoms with Gasteiger partial charge in [-0.1, -0.05) is 0 Å². The normalized spacial score (nSPS) is 14.9. The molecule has 1 aromatic rings. The zero-order valence-electron chi connectivity index (χ0n) is 15.9. The van der Waals surface area contributed by atoms with Gasteiger partial charge in [0, 0.05) is 39.3 Å². The molecule has 2 amide bonds. The Labute approximate surface area is 177 Å². The van der Waals surface area contributed by atoms with Crippen LogP contribution in [0.5, 0.6) is 0 Å². The molecule has 2 heterocycles. The topological polar surface area (TPSA) is 98.7 Å². The second-order valence-electron chi connectivity index (χ2n) is 6.27. The smallest absolute Gasteiger partial charge is 0.246 e. The number of carbonyl (C=O) groups is 2. The standard InChI is InChI=1S/C18H28N6O2.HI/c1-3-21-18(22-13-17(26)23-15-5-4-8-20-12-15)24-9-6-14(7-10-24)11-16(25)19-2;/h4-5,8,12,14H,3,6-7,9-11,13H2,1-2H3,(H,19,25)(H,21,22)(H,23,26);1H. The first-order chi connectivity index (χ1) is 12.6. The summed E-state index contributed by atoms with van der Waals surface area (Å²) in [4.78, 5) is 34.2. The molecule has 0 saturated carbocycles. The van der Waals surface area contributed by atoms with Crippen molar-refractivity contribution in [2.45, 2.75) is 26.2 Å². The lowest BCUT2D eigenvalue weighted by Gasteiger charge is -2.34. The van der Waals surface area contributed by atoms with Gasteiger partial charge in [0.1, 0.15) is 6.54 Å². The molecule has 2 rings (SSSR count). The van der Waals surface area contributed by atoms with Gasteiger partial charge < -0.3 is 20.9 Å². The number of amides is 2. The van der Waals surface area contributed by atoms with Crippen LogP contribution in [0.25, 0.3) is 0 Å². The molecule has 9 heteroatoms. The van der Waals surface area contributed by atoms with Crippen LogP contribution in [0.15, 0.2) is 29.5 Å². The minimum Gasteiger partial charge on any atom is -0.359 e. The lowest BCUT2D eigenvalue weighted by Crippen LogP contribution is -2.46. The van der Waals surface area contributed by atoms with Crippen LogP contribution >= 0.6 is 24.0 Å². The fourth-order valence-electron chi connectivity index (χ4n) is 2.92. The number of aliphatic imine (C=N–C) groups is 1. The lowest BCUT2D eigenvalue weighted by molar-refractivity contribution is -0.121. The number of rotatable bonds is 6. The van der Waals surface area contributed by atoms with Gasteiger partial charge in [0.25, 0.3) is 0 Å². The Morgan fingerprint density at radius 2 is 2.04 bits per heavy atom. The van der Waals surface area contributed by atoms with E-state index in [9.17, 15) is 9.59 Å². The van der Waals surface area contributed by atoms with Crippen LogP contribution in [0.2, 0.25) is 0 Å². The Balaban J connectivity index is 0.00000364. The van der Waals surface area contributed by atoms with E-state index in [1.165, 1.54) is 0 Å². The van der Waals surface area contributed by atoms with Crippen molar-refractivity contribution in [1.29, 1.82) is 0 Å². The van der Waals surface area contributed by atoms with Gasteiger partial charge in [-0.15, -0.1) is 24.0 Å². The summed E-state index contributed by atoms with van der Waals surface area (Å²) < 4.78 is 0. The summed E-state index contributed by atoms with van der Waals surface area (Å²) in [6, 6.07) is 3.56. The number of hydrogen-bond acceptors (Lipinski definition) is 4. The fourth-order valence-corrected chi connectivity index (χ4v) is 2.92. The molecule has 0 atom stereocenters. The van der Waals surface area contributed by atoms with Crippen molar-refractivity contribution in [1.82, 2.24) is 20.5 Å². The quantitative estimate of drug-likeness (QED) is 0.320. The molecule has 0 aliphatic carbocycles. The number of nitrogens with zero attached hydrogens (tertiary/aromatic N) is 3. The van der Waals surface area contributed by atoms with Gasteiger partial charge in [-0.2, -0.15) is 0 Å². The van der Waals surface area contributed by atoms with E-state index in [2.05, 4.69) is 30.8 Å². The molecular formula is C18H29IN6O2. The van der Waals surface area contributed by atoms with Crippen molar-refractivity contribution < 1.29 is 9.59 Å². The molecule has 1 aliphatic rings. The van der Waals surface area contributed by atoms with E-state index < -0.39 is 0 Å². The first-order valence-corrected chi connectivity index (χ1v) is 9.06. The Morgan fingerprint density at radius 1 is 1.30 bits per heavy atom. The third kappa shape index (κ3) is 8.10. The van der Waals surface area contributed by atoms with Crippen LogP contribution in [-0.2, 0) is 9.59 Å². The van der Waals surface area contributed by atoms with Crippen LogP contribution in [0.3, 0.4) is 0 Å². The number of nitrogens with one attached hydrogen (secondary N) is 3. The summed E-state index contributed by atoms with van der Waals surface area (Å²) in [6.07, 6.45) is 5.72. The SMILES string of the molecule is CCNC(=NCC(=O)Nc1cccnc1)N1CCC(CC(=O)NC)CC1.I. The number of anilines is 1. The third-order valence-corrected chi connectivity index (χ3v) is 4.32. The number of piperidine rings is 1. The number of hydrogen-bond donors (Lipinski definition) is 3. The Bertz CT molecular complexity index is 618. The summed E-state index contributed by atoms with van der Waals surface area (Å²) in [7, 11) is 1.67. The number of halogens is 1. The summed E-state index contributed by atoms with van der Waals surface area (Å²) in [5.41, 5.74) is 0.660. The van der Waals surface area contributed by atoms with Gasteiger partial charge in [0.2, 0.25) is 11.8 Å². The maximum Gasteiger partial charge on any atom is 0.246 e. The van der Waals surface area contributed by atoms with Gasteiger partial charge in [0.15, 0.2) is 5.96 Å². The zero-order chi connectivity index (χ0) is 18.8. The highest BCUT2D eigenvalue weighted by Gasteiger charge is 2.23. The Hall–Kier alpha value is -1.91. The minimum absolute atomic E-state index is 0. The Morgan fingerprint density at radius 3 is 2.63 bits per heavy atom. The van der Waals surface area contributed by atoms with Crippen LogP contribution in [0.4, 0.5) is 5.69 Å². The van der Waals surface area contributed by atoms with Crippen molar-refractivity contribution in [3.63, 3.8) is 0 Å². The molecule has 0 spiro atoms. The second-order valence-corrected chi connectivity index (χ2v) is 6.27. The second kappa shape index (κ2) is 12.5. The first kappa shape index (κ1) is 23.1. The molecule has 0 bridgehead atoms. The van der Waals surface area contributed by atoms with Crippen molar-refractivity contribution in [2.24, 2.45) is 10.9 Å². The number of carbonyl (C=O) groups excluding carboxylic acids is 2. The van der Waals surface area contributed by atoms with Crippen LogP contribution < -0.4 is 16.0 Å². The molecule has 27 heavy (non-hydrogen) atoms. The monoisotopic (exact) mass is 488 g/mol. The largest absolute Gasteiger partial charge is 0.359 e. The summed E-state index contributed by atoms with van der Waals surface area (Å²) >= 11 is 0. The Kier molecular flexibility index (Phi) is 10.7. The van der Waals surface area contributed by atoms with E-state index in [1.54, 1.807) is 31.6 Å². The lowest BCUT2D eigenvalue weighted by atomic mass is 9.93. The van der Waals surface area contributed by atoms with E-state index in [4.69, 9.17) is 0 Å².